The van der Waals surface area contributed by atoms with Gasteiger partial charge in [-0.1, -0.05) is 6.58 Å². The van der Waals surface area contributed by atoms with Gasteiger partial charge in [0.15, 0.2) is 6.29 Å². The Hall–Kier alpha value is -0.880. The van der Waals surface area contributed by atoms with E-state index in [9.17, 15) is 44.1 Å². The highest BCUT2D eigenvalue weighted by Gasteiger charge is 2.48. The summed E-state index contributed by atoms with van der Waals surface area (Å²) in [7, 11) is -10.8. The van der Waals surface area contributed by atoms with E-state index in [4.69, 9.17) is 9.47 Å². The summed E-state index contributed by atoms with van der Waals surface area (Å²) in [5, 5.41) is 42.3. The highest BCUT2D eigenvalue weighted by molar-refractivity contribution is 7.80. The number of ether oxygens (including phenoxy) is 2. The number of hydrogen-bond acceptors (Lipinski definition) is 14. The molecule has 3 aliphatic heterocycles. The van der Waals surface area contributed by atoms with Crippen LogP contribution in [0.1, 0.15) is 13.3 Å². The number of nitrogens with one attached hydrogen (secondary N) is 1. The number of phosphoric ester groups is 2. The molecule has 10 atom stereocenters. The van der Waals surface area contributed by atoms with Gasteiger partial charge in [0.25, 0.3) is 5.91 Å². The van der Waals surface area contributed by atoms with Crippen molar-refractivity contribution in [1.82, 2.24) is 10.2 Å². The van der Waals surface area contributed by atoms with Gasteiger partial charge in [-0.3, -0.25) is 13.8 Å². The van der Waals surface area contributed by atoms with Gasteiger partial charge < -0.3 is 49.9 Å². The first-order valence-corrected chi connectivity index (χ1v) is 14.1. The molecule has 36 heavy (non-hydrogen) atoms. The number of aliphatic hydroxyl groups excluding tert-OH is 4. The third-order valence-corrected chi connectivity index (χ3v) is 8.43. The Morgan fingerprint density at radius 1 is 1.14 bits per heavy atom. The molecule has 7 N–H and O–H groups in total. The van der Waals surface area contributed by atoms with Crippen LogP contribution < -0.4 is 5.32 Å². The van der Waals surface area contributed by atoms with E-state index < -0.39 is 71.4 Å². The fraction of sp³-hybridized carbons (Fsp3) is 0.706. The van der Waals surface area contributed by atoms with Crippen molar-refractivity contribution in [2.45, 2.75) is 62.5 Å². The zero-order valence-corrected chi connectivity index (χ0v) is 21.4. The van der Waals surface area contributed by atoms with Gasteiger partial charge in [0.2, 0.25) is 0 Å². The van der Waals surface area contributed by atoms with Gasteiger partial charge in [0, 0.05) is 23.9 Å². The molecule has 0 spiro atoms. The van der Waals surface area contributed by atoms with E-state index in [1.807, 2.05) is 0 Å². The summed E-state index contributed by atoms with van der Waals surface area (Å²) < 4.78 is 48.6. The average Bonchev–Trinajstić information content (AvgIpc) is 3.14. The zero-order chi connectivity index (χ0) is 27.0. The highest BCUT2D eigenvalue weighted by atomic mass is 32.1. The van der Waals surface area contributed by atoms with E-state index in [2.05, 4.69) is 37.9 Å². The van der Waals surface area contributed by atoms with E-state index in [1.165, 1.54) is 11.1 Å². The first-order valence-electron chi connectivity index (χ1n) is 10.4. The van der Waals surface area contributed by atoms with Crippen molar-refractivity contribution in [3.05, 3.63) is 24.2 Å². The maximum atomic E-state index is 12.2. The molecular weight excluding hydrogens is 550 g/mol. The van der Waals surface area contributed by atoms with Crippen molar-refractivity contribution in [3.63, 3.8) is 0 Å². The van der Waals surface area contributed by atoms with Crippen molar-refractivity contribution >= 4 is 34.2 Å². The minimum Gasteiger partial charge on any atom is -0.390 e. The number of hydrogen-bond donors (Lipinski definition) is 8. The molecule has 16 nitrogen and oxygen atoms in total. The Morgan fingerprint density at radius 2 is 1.81 bits per heavy atom. The topological polar surface area (TPSA) is 234 Å². The Balaban J connectivity index is 1.56. The molecule has 0 aromatic carbocycles. The number of carbonyl (C=O) groups is 1. The molecule has 2 saturated heterocycles. The van der Waals surface area contributed by atoms with Crippen LogP contribution in [0.2, 0.25) is 0 Å². The molecule has 3 aliphatic rings. The monoisotopic (exact) mass is 578 g/mol. The molecule has 0 saturated carbocycles. The second-order valence-electron chi connectivity index (χ2n) is 8.17. The number of aliphatic hydroxyl groups is 4. The first-order chi connectivity index (χ1) is 16.6. The molecule has 2 fully saturated rings. The van der Waals surface area contributed by atoms with Crippen molar-refractivity contribution in [2.24, 2.45) is 0 Å². The van der Waals surface area contributed by atoms with Gasteiger partial charge in [-0.2, -0.15) is 16.9 Å². The molecule has 0 radical (unpaired) electrons. The van der Waals surface area contributed by atoms with Crippen LogP contribution in [-0.2, 0) is 36.8 Å². The SMILES string of the molecule is C=C1NC(=O)C(C)=CN1[C@H]1C[C@@H](O)[C@@H](COP(=O)(O)OP(=O)(O)O[C@H]2OC(CS)[C@@H](O)[C@H](O)C2O)O1. The Bertz CT molecular complexity index is 981. The summed E-state index contributed by atoms with van der Waals surface area (Å²) in [6.45, 7) is 4.49. The summed E-state index contributed by atoms with van der Waals surface area (Å²) in [4.78, 5) is 32.9. The number of nitrogens with zero attached hydrogens (tertiary/aromatic N) is 1. The van der Waals surface area contributed by atoms with Gasteiger partial charge in [-0.05, 0) is 6.92 Å². The Labute approximate surface area is 210 Å². The fourth-order valence-corrected chi connectivity index (χ4v) is 6.02. The second-order valence-corrected chi connectivity index (χ2v) is 11.5. The van der Waals surface area contributed by atoms with Crippen LogP contribution in [0, 0.1) is 0 Å². The molecule has 3 rings (SSSR count). The van der Waals surface area contributed by atoms with Crippen LogP contribution in [0.4, 0.5) is 0 Å². The molecule has 0 bridgehead atoms. The minimum absolute atomic E-state index is 0.00226. The molecule has 0 aliphatic carbocycles. The van der Waals surface area contributed by atoms with Crippen LogP contribution in [0.5, 0.6) is 0 Å². The largest absolute Gasteiger partial charge is 0.483 e. The summed E-state index contributed by atoms with van der Waals surface area (Å²) >= 11 is 3.88. The summed E-state index contributed by atoms with van der Waals surface area (Å²) in [5.41, 5.74) is 0.349. The molecule has 3 heterocycles. The van der Waals surface area contributed by atoms with Gasteiger partial charge >= 0.3 is 15.6 Å². The predicted molar refractivity (Wildman–Crippen MR) is 120 cm³/mol. The van der Waals surface area contributed by atoms with E-state index >= 15 is 0 Å². The lowest BCUT2D eigenvalue weighted by atomic mass is 10.0. The maximum absolute atomic E-state index is 12.2. The summed E-state index contributed by atoms with van der Waals surface area (Å²) in [5.74, 6) is -0.342. The van der Waals surface area contributed by atoms with E-state index in [0.717, 1.165) is 0 Å². The van der Waals surface area contributed by atoms with Gasteiger partial charge in [-0.25, -0.2) is 9.13 Å². The maximum Gasteiger partial charge on any atom is 0.483 e. The van der Waals surface area contributed by atoms with Crippen LogP contribution >= 0.6 is 28.3 Å². The number of carbonyl (C=O) groups excluding carboxylic acids is 1. The zero-order valence-electron chi connectivity index (χ0n) is 18.8. The third kappa shape index (κ3) is 6.95. The fourth-order valence-electron chi connectivity index (χ4n) is 3.56. The quantitative estimate of drug-likeness (QED) is 0.112. The van der Waals surface area contributed by atoms with E-state index in [-0.39, 0.29) is 23.9 Å². The van der Waals surface area contributed by atoms with Crippen molar-refractivity contribution < 1.29 is 67.0 Å². The van der Waals surface area contributed by atoms with Crippen molar-refractivity contribution in [1.29, 1.82) is 0 Å². The predicted octanol–water partition coefficient (Wildman–Crippen LogP) is -1.74. The lowest BCUT2D eigenvalue weighted by molar-refractivity contribution is -0.270. The standard InChI is InChI=1S/C17H28N2O14P2S/c1-7-4-19(8(2)18-16(7)24)12-3-9(20)10(30-12)5-29-34(25,26)33-35(27,28)32-17-15(23)14(22)13(21)11(6-36)31-17/h4,9-15,17,20-23,36H,2-3,5-6H2,1H3,(H,18,24)(H,25,26)(H,27,28)/t9-,10-,11?,12-,13-,14+,15?,17-/m1/s1. The van der Waals surface area contributed by atoms with Crippen molar-refractivity contribution in [2.75, 3.05) is 12.4 Å². The molecule has 19 heteroatoms. The molecular formula is C17H28N2O14P2S. The van der Waals surface area contributed by atoms with Crippen LogP contribution in [0.3, 0.4) is 0 Å². The van der Waals surface area contributed by atoms with Gasteiger partial charge in [0.05, 0.1) is 18.8 Å². The van der Waals surface area contributed by atoms with Crippen molar-refractivity contribution in [3.8, 4) is 0 Å². The summed E-state index contributed by atoms with van der Waals surface area (Å²) in [6.07, 6.45) is -10.4. The lowest BCUT2D eigenvalue weighted by Gasteiger charge is -2.39. The molecule has 1 amide bonds. The smallest absolute Gasteiger partial charge is 0.390 e. The van der Waals surface area contributed by atoms with Crippen LogP contribution in [0.25, 0.3) is 0 Å². The number of rotatable bonds is 9. The number of amides is 1. The number of phosphoric acid groups is 2. The first kappa shape index (κ1) is 29.7. The van der Waals surface area contributed by atoms with E-state index in [1.54, 1.807) is 6.92 Å². The molecule has 4 unspecified atom stereocenters. The Morgan fingerprint density at radius 3 is 2.44 bits per heavy atom. The van der Waals surface area contributed by atoms with Crippen LogP contribution in [0.15, 0.2) is 24.2 Å². The van der Waals surface area contributed by atoms with E-state index in [0.29, 0.717) is 5.57 Å². The van der Waals surface area contributed by atoms with Gasteiger partial charge in [-0.15, -0.1) is 0 Å². The second kappa shape index (κ2) is 11.5. The lowest BCUT2D eigenvalue weighted by Crippen LogP contribution is -2.58. The number of thiol groups is 1. The Kier molecular flexibility index (Phi) is 9.46. The van der Waals surface area contributed by atoms with Gasteiger partial charge in [0.1, 0.15) is 36.5 Å². The molecule has 0 aromatic heterocycles. The molecule has 0 aromatic rings. The normalized spacial score (nSPS) is 38.8. The average molecular weight is 578 g/mol. The molecule has 206 valence electrons. The summed E-state index contributed by atoms with van der Waals surface area (Å²) in [6, 6.07) is 0. The van der Waals surface area contributed by atoms with Crippen LogP contribution in [-0.4, -0.2) is 103 Å². The minimum atomic E-state index is -5.45. The highest BCUT2D eigenvalue weighted by Crippen LogP contribution is 2.61. The third-order valence-electron chi connectivity index (χ3n) is 5.47.